The lowest BCUT2D eigenvalue weighted by Gasteiger charge is -2.25. The Hall–Kier alpha value is -3.49. The molecule has 1 aliphatic rings. The molecule has 1 aliphatic heterocycles. The van der Waals surface area contributed by atoms with Crippen LogP contribution < -0.4 is 14.8 Å². The number of hydrogen-bond donors (Lipinski definition) is 1. The fourth-order valence-electron chi connectivity index (χ4n) is 4.11. The lowest BCUT2D eigenvalue weighted by atomic mass is 10.2. The molecule has 186 valence electrons. The molecule has 3 aromatic carbocycles. The Kier molecular flexibility index (Phi) is 8.05. The van der Waals surface area contributed by atoms with Crippen LogP contribution in [0.4, 0.5) is 11.5 Å². The standard InChI is InChI=1S/C28H30N4O3S/c33-36-17-14-32(15-18-36)13-4-16-34-25-11-12-27-26(19-25)28(30-21-29-27)31-23-7-9-24(10-8-23)35-20-22-5-2-1-3-6-22/h1-3,5-12,19,21H,4,13-18,20H2,(H,29,30,31). The molecule has 7 nitrogen and oxygen atoms in total. The van der Waals surface area contributed by atoms with Crippen LogP contribution in [0.25, 0.3) is 10.9 Å². The summed E-state index contributed by atoms with van der Waals surface area (Å²) >= 11 is 0. The van der Waals surface area contributed by atoms with Crippen molar-refractivity contribution in [1.82, 2.24) is 14.9 Å². The van der Waals surface area contributed by atoms with Gasteiger partial charge in [0.15, 0.2) is 0 Å². The highest BCUT2D eigenvalue weighted by molar-refractivity contribution is 7.85. The lowest BCUT2D eigenvalue weighted by Crippen LogP contribution is -2.38. The number of ether oxygens (including phenoxy) is 2. The molecule has 0 bridgehead atoms. The van der Waals surface area contributed by atoms with Gasteiger partial charge < -0.3 is 19.7 Å². The number of nitrogens with one attached hydrogen (secondary N) is 1. The van der Waals surface area contributed by atoms with Gasteiger partial charge in [0.1, 0.15) is 30.3 Å². The zero-order valence-electron chi connectivity index (χ0n) is 20.1. The van der Waals surface area contributed by atoms with Gasteiger partial charge in [0.05, 0.1) is 12.1 Å². The first-order valence-electron chi connectivity index (χ1n) is 12.2. The quantitative estimate of drug-likeness (QED) is 0.313. The molecule has 0 spiro atoms. The Bertz CT molecular complexity index is 1290. The van der Waals surface area contributed by atoms with Crippen LogP contribution in [-0.4, -0.2) is 56.8 Å². The van der Waals surface area contributed by atoms with Crippen LogP contribution in [0.2, 0.25) is 0 Å². The predicted molar refractivity (Wildman–Crippen MR) is 144 cm³/mol. The van der Waals surface area contributed by atoms with E-state index >= 15 is 0 Å². The summed E-state index contributed by atoms with van der Waals surface area (Å²) in [4.78, 5) is 11.2. The fraction of sp³-hybridized carbons (Fsp3) is 0.286. The van der Waals surface area contributed by atoms with Gasteiger partial charge in [-0.15, -0.1) is 0 Å². The third-order valence-electron chi connectivity index (χ3n) is 6.13. The summed E-state index contributed by atoms with van der Waals surface area (Å²) < 4.78 is 23.4. The molecule has 4 aromatic rings. The van der Waals surface area contributed by atoms with Crippen LogP contribution >= 0.6 is 0 Å². The van der Waals surface area contributed by atoms with Gasteiger partial charge in [-0.05, 0) is 54.4 Å². The summed E-state index contributed by atoms with van der Waals surface area (Å²) in [5, 5.41) is 4.30. The van der Waals surface area contributed by atoms with Gasteiger partial charge in [-0.2, -0.15) is 0 Å². The van der Waals surface area contributed by atoms with Gasteiger partial charge in [-0.3, -0.25) is 4.21 Å². The first-order chi connectivity index (χ1) is 17.7. The van der Waals surface area contributed by atoms with Crippen LogP contribution in [0.3, 0.4) is 0 Å². The molecule has 0 aliphatic carbocycles. The summed E-state index contributed by atoms with van der Waals surface area (Å²) in [5.41, 5.74) is 2.90. The van der Waals surface area contributed by atoms with E-state index in [4.69, 9.17) is 9.47 Å². The Morgan fingerprint density at radius 1 is 0.889 bits per heavy atom. The van der Waals surface area contributed by atoms with E-state index in [9.17, 15) is 4.21 Å². The van der Waals surface area contributed by atoms with Crippen molar-refractivity contribution in [1.29, 1.82) is 0 Å². The maximum Gasteiger partial charge on any atom is 0.141 e. The number of anilines is 2. The average molecular weight is 503 g/mol. The number of benzene rings is 3. The number of rotatable bonds is 10. The molecular formula is C28H30N4O3S. The molecule has 1 saturated heterocycles. The van der Waals surface area contributed by atoms with Gasteiger partial charge in [0.2, 0.25) is 0 Å². The van der Waals surface area contributed by atoms with Crippen LogP contribution in [0.5, 0.6) is 11.5 Å². The van der Waals surface area contributed by atoms with Gasteiger partial charge in [0.25, 0.3) is 0 Å². The SMILES string of the molecule is O=S1CCN(CCCOc2ccc3ncnc(Nc4ccc(OCc5ccccc5)cc4)c3c2)CC1. The van der Waals surface area contributed by atoms with Gasteiger partial charge in [-0.1, -0.05) is 30.3 Å². The van der Waals surface area contributed by atoms with E-state index in [1.165, 1.54) is 0 Å². The molecule has 0 unspecified atom stereocenters. The Balaban J connectivity index is 1.18. The van der Waals surface area contributed by atoms with Crippen molar-refractivity contribution in [3.8, 4) is 11.5 Å². The zero-order chi connectivity index (χ0) is 24.6. The fourth-order valence-corrected chi connectivity index (χ4v) is 5.24. The van der Waals surface area contributed by atoms with Crippen molar-refractivity contribution in [2.75, 3.05) is 43.1 Å². The van der Waals surface area contributed by atoms with Crippen molar-refractivity contribution in [2.45, 2.75) is 13.0 Å². The summed E-state index contributed by atoms with van der Waals surface area (Å²) in [5.74, 6) is 3.90. The zero-order valence-corrected chi connectivity index (χ0v) is 21.0. The van der Waals surface area contributed by atoms with Crippen LogP contribution in [-0.2, 0) is 17.4 Å². The second kappa shape index (κ2) is 12.0. The molecule has 2 heterocycles. The molecular weight excluding hydrogens is 472 g/mol. The maximum absolute atomic E-state index is 11.5. The molecule has 0 amide bonds. The Morgan fingerprint density at radius 3 is 2.47 bits per heavy atom. The van der Waals surface area contributed by atoms with E-state index < -0.39 is 10.8 Å². The highest BCUT2D eigenvalue weighted by atomic mass is 32.2. The maximum atomic E-state index is 11.5. The summed E-state index contributed by atoms with van der Waals surface area (Å²) in [7, 11) is -0.635. The average Bonchev–Trinajstić information content (AvgIpc) is 2.92. The third kappa shape index (κ3) is 6.59. The molecule has 1 N–H and O–H groups in total. The van der Waals surface area contributed by atoms with Crippen LogP contribution in [0.1, 0.15) is 12.0 Å². The van der Waals surface area contributed by atoms with E-state index in [2.05, 4.69) is 20.2 Å². The minimum atomic E-state index is -0.635. The summed E-state index contributed by atoms with van der Waals surface area (Å²) in [6, 6.07) is 23.9. The molecule has 0 saturated carbocycles. The van der Waals surface area contributed by atoms with E-state index in [1.54, 1.807) is 6.33 Å². The molecule has 5 rings (SSSR count). The largest absolute Gasteiger partial charge is 0.494 e. The summed E-state index contributed by atoms with van der Waals surface area (Å²) in [6.45, 7) is 3.95. The third-order valence-corrected chi connectivity index (χ3v) is 7.41. The van der Waals surface area contributed by atoms with E-state index in [1.807, 2.05) is 72.8 Å². The Labute approximate surface area is 213 Å². The van der Waals surface area contributed by atoms with Crippen molar-refractivity contribution in [3.63, 3.8) is 0 Å². The summed E-state index contributed by atoms with van der Waals surface area (Å²) in [6.07, 6.45) is 2.49. The predicted octanol–water partition coefficient (Wildman–Crippen LogP) is 4.79. The highest BCUT2D eigenvalue weighted by Crippen LogP contribution is 2.27. The van der Waals surface area contributed by atoms with Crippen molar-refractivity contribution >= 4 is 33.2 Å². The second-order valence-corrected chi connectivity index (χ2v) is 10.4. The van der Waals surface area contributed by atoms with Crippen molar-refractivity contribution in [2.24, 2.45) is 0 Å². The molecule has 8 heteroatoms. The monoisotopic (exact) mass is 502 g/mol. The normalized spacial score (nSPS) is 14.6. The number of hydrogen-bond acceptors (Lipinski definition) is 7. The van der Waals surface area contributed by atoms with E-state index in [0.717, 1.165) is 77.0 Å². The number of nitrogens with zero attached hydrogens (tertiary/aromatic N) is 3. The van der Waals surface area contributed by atoms with Crippen molar-refractivity contribution < 1.29 is 13.7 Å². The Morgan fingerprint density at radius 2 is 1.67 bits per heavy atom. The van der Waals surface area contributed by atoms with Crippen LogP contribution in [0.15, 0.2) is 79.1 Å². The van der Waals surface area contributed by atoms with E-state index in [0.29, 0.717) is 13.2 Å². The molecule has 1 fully saturated rings. The van der Waals surface area contributed by atoms with Gasteiger partial charge in [-0.25, -0.2) is 9.97 Å². The van der Waals surface area contributed by atoms with Gasteiger partial charge in [0, 0.05) is 53.0 Å². The molecule has 0 radical (unpaired) electrons. The number of aromatic nitrogens is 2. The first kappa shape index (κ1) is 24.2. The molecule has 1 aromatic heterocycles. The molecule has 0 atom stereocenters. The minimum absolute atomic E-state index is 0.534. The lowest BCUT2D eigenvalue weighted by molar-refractivity contribution is 0.247. The number of fused-ring (bicyclic) bond motifs is 1. The second-order valence-electron chi connectivity index (χ2n) is 8.72. The smallest absolute Gasteiger partial charge is 0.141 e. The van der Waals surface area contributed by atoms with Gasteiger partial charge >= 0.3 is 0 Å². The van der Waals surface area contributed by atoms with Crippen molar-refractivity contribution in [3.05, 3.63) is 84.7 Å². The minimum Gasteiger partial charge on any atom is -0.494 e. The topological polar surface area (TPSA) is 76.6 Å². The highest BCUT2D eigenvalue weighted by Gasteiger charge is 2.14. The first-order valence-corrected chi connectivity index (χ1v) is 13.7. The molecule has 36 heavy (non-hydrogen) atoms. The van der Waals surface area contributed by atoms with Crippen LogP contribution in [0, 0.1) is 0 Å². The van der Waals surface area contributed by atoms with E-state index in [-0.39, 0.29) is 0 Å².